The summed E-state index contributed by atoms with van der Waals surface area (Å²) in [6.07, 6.45) is 2.78. The Morgan fingerprint density at radius 3 is 2.74 bits per heavy atom. The molecule has 1 aromatic carbocycles. The van der Waals surface area contributed by atoms with Crippen LogP contribution in [0.25, 0.3) is 0 Å². The summed E-state index contributed by atoms with van der Waals surface area (Å²) in [6, 6.07) is 7.20. The number of hydrogen-bond acceptors (Lipinski definition) is 4. The average molecular weight is 373 g/mol. The number of halogens is 1. The SMILES string of the molecule is CC(=O)Nc1cc(NC(=O)C2CCCN(C(=O)c3ccco3)C2)ccc1F. The Morgan fingerprint density at radius 2 is 2.04 bits per heavy atom. The zero-order valence-electron chi connectivity index (χ0n) is 14.8. The normalized spacial score (nSPS) is 16.7. The van der Waals surface area contributed by atoms with E-state index in [2.05, 4.69) is 10.6 Å². The lowest BCUT2D eigenvalue weighted by Crippen LogP contribution is -2.43. The minimum atomic E-state index is -0.587. The van der Waals surface area contributed by atoms with Gasteiger partial charge in [-0.3, -0.25) is 14.4 Å². The molecule has 7 nitrogen and oxygen atoms in total. The summed E-state index contributed by atoms with van der Waals surface area (Å²) in [5.41, 5.74) is 0.373. The molecule has 1 aromatic heterocycles. The van der Waals surface area contributed by atoms with Crippen LogP contribution in [0.3, 0.4) is 0 Å². The number of nitrogens with one attached hydrogen (secondary N) is 2. The molecule has 1 aliphatic rings. The number of anilines is 2. The van der Waals surface area contributed by atoms with Crippen LogP contribution in [-0.4, -0.2) is 35.7 Å². The zero-order chi connectivity index (χ0) is 19.4. The first-order valence-corrected chi connectivity index (χ1v) is 8.65. The van der Waals surface area contributed by atoms with Gasteiger partial charge in [0.15, 0.2) is 5.76 Å². The van der Waals surface area contributed by atoms with E-state index in [-0.39, 0.29) is 35.7 Å². The zero-order valence-corrected chi connectivity index (χ0v) is 14.8. The van der Waals surface area contributed by atoms with Crippen molar-refractivity contribution in [3.05, 3.63) is 48.2 Å². The molecular formula is C19H20FN3O4. The van der Waals surface area contributed by atoms with Crippen LogP contribution in [0.4, 0.5) is 15.8 Å². The van der Waals surface area contributed by atoms with Crippen LogP contribution in [-0.2, 0) is 9.59 Å². The molecule has 8 heteroatoms. The molecule has 142 valence electrons. The van der Waals surface area contributed by atoms with Crippen molar-refractivity contribution in [1.82, 2.24) is 4.90 Å². The van der Waals surface area contributed by atoms with Crippen molar-refractivity contribution in [2.45, 2.75) is 19.8 Å². The molecule has 3 rings (SSSR count). The van der Waals surface area contributed by atoms with Crippen LogP contribution in [0.5, 0.6) is 0 Å². The molecule has 0 radical (unpaired) electrons. The fourth-order valence-electron chi connectivity index (χ4n) is 3.06. The van der Waals surface area contributed by atoms with Crippen molar-refractivity contribution in [2.75, 3.05) is 23.7 Å². The third-order valence-electron chi connectivity index (χ3n) is 4.36. The average Bonchev–Trinajstić information content (AvgIpc) is 3.18. The Labute approximate surface area is 155 Å². The Kier molecular flexibility index (Phi) is 5.54. The van der Waals surface area contributed by atoms with Gasteiger partial charge in [0.05, 0.1) is 17.9 Å². The second-order valence-electron chi connectivity index (χ2n) is 6.43. The number of carbonyl (C=O) groups excluding carboxylic acids is 3. The van der Waals surface area contributed by atoms with Gasteiger partial charge in [0.1, 0.15) is 5.82 Å². The molecule has 1 saturated heterocycles. The number of nitrogens with zero attached hydrogens (tertiary/aromatic N) is 1. The molecule has 0 aliphatic carbocycles. The highest BCUT2D eigenvalue weighted by molar-refractivity contribution is 5.96. The third-order valence-corrected chi connectivity index (χ3v) is 4.36. The molecule has 2 heterocycles. The van der Waals surface area contributed by atoms with Gasteiger partial charge >= 0.3 is 0 Å². The third kappa shape index (κ3) is 4.52. The topological polar surface area (TPSA) is 91.7 Å². The monoisotopic (exact) mass is 373 g/mol. The van der Waals surface area contributed by atoms with Crippen molar-refractivity contribution in [1.29, 1.82) is 0 Å². The minimum Gasteiger partial charge on any atom is -0.459 e. The second kappa shape index (κ2) is 8.03. The lowest BCUT2D eigenvalue weighted by molar-refractivity contribution is -0.121. The van der Waals surface area contributed by atoms with Crippen LogP contribution < -0.4 is 10.6 Å². The maximum absolute atomic E-state index is 13.7. The predicted octanol–water partition coefficient (Wildman–Crippen LogP) is 2.87. The molecule has 1 atom stereocenters. The summed E-state index contributed by atoms with van der Waals surface area (Å²) < 4.78 is 18.9. The quantitative estimate of drug-likeness (QED) is 0.862. The molecular weight excluding hydrogens is 353 g/mol. The van der Waals surface area contributed by atoms with E-state index in [0.717, 1.165) is 0 Å². The molecule has 2 N–H and O–H groups in total. The van der Waals surface area contributed by atoms with Crippen LogP contribution in [0, 0.1) is 11.7 Å². The molecule has 1 fully saturated rings. The van der Waals surface area contributed by atoms with E-state index in [9.17, 15) is 18.8 Å². The lowest BCUT2D eigenvalue weighted by atomic mass is 9.96. The molecule has 1 unspecified atom stereocenters. The number of rotatable bonds is 4. The van der Waals surface area contributed by atoms with E-state index >= 15 is 0 Å². The van der Waals surface area contributed by atoms with E-state index in [4.69, 9.17) is 4.42 Å². The first-order valence-electron chi connectivity index (χ1n) is 8.65. The van der Waals surface area contributed by atoms with Gasteiger partial charge in [0.2, 0.25) is 11.8 Å². The van der Waals surface area contributed by atoms with Crippen molar-refractivity contribution < 1.29 is 23.2 Å². The summed E-state index contributed by atoms with van der Waals surface area (Å²) in [5.74, 6) is -1.63. The van der Waals surface area contributed by atoms with Crippen LogP contribution in [0.2, 0.25) is 0 Å². The summed E-state index contributed by atoms with van der Waals surface area (Å²) >= 11 is 0. The number of amides is 3. The maximum atomic E-state index is 13.7. The van der Waals surface area contributed by atoms with E-state index in [0.29, 0.717) is 25.1 Å². The van der Waals surface area contributed by atoms with Gasteiger partial charge in [-0.25, -0.2) is 4.39 Å². The predicted molar refractivity (Wildman–Crippen MR) is 96.7 cm³/mol. The van der Waals surface area contributed by atoms with Crippen LogP contribution >= 0.6 is 0 Å². The molecule has 3 amide bonds. The van der Waals surface area contributed by atoms with Gasteiger partial charge in [0.25, 0.3) is 5.91 Å². The lowest BCUT2D eigenvalue weighted by Gasteiger charge is -2.31. The van der Waals surface area contributed by atoms with Gasteiger partial charge in [-0.2, -0.15) is 0 Å². The van der Waals surface area contributed by atoms with E-state index in [1.807, 2.05) is 0 Å². The van der Waals surface area contributed by atoms with Gasteiger partial charge in [-0.15, -0.1) is 0 Å². The van der Waals surface area contributed by atoms with Gasteiger partial charge < -0.3 is 20.0 Å². The number of carbonyl (C=O) groups is 3. The fourth-order valence-corrected chi connectivity index (χ4v) is 3.06. The number of piperidine rings is 1. The Hall–Kier alpha value is -3.16. The molecule has 0 saturated carbocycles. The number of furan rings is 1. The van der Waals surface area contributed by atoms with Crippen molar-refractivity contribution in [2.24, 2.45) is 5.92 Å². The minimum absolute atomic E-state index is 0.00133. The summed E-state index contributed by atoms with van der Waals surface area (Å²) in [5, 5.41) is 5.10. The highest BCUT2D eigenvalue weighted by Gasteiger charge is 2.30. The fraction of sp³-hybridized carbons (Fsp3) is 0.316. The van der Waals surface area contributed by atoms with Crippen LogP contribution in [0.1, 0.15) is 30.3 Å². The van der Waals surface area contributed by atoms with Crippen molar-refractivity contribution in [3.63, 3.8) is 0 Å². The summed E-state index contributed by atoms with van der Waals surface area (Å²) in [4.78, 5) is 37.7. The molecule has 2 aromatic rings. The van der Waals surface area contributed by atoms with Crippen molar-refractivity contribution >= 4 is 29.1 Å². The number of hydrogen-bond donors (Lipinski definition) is 2. The highest BCUT2D eigenvalue weighted by Crippen LogP contribution is 2.23. The second-order valence-corrected chi connectivity index (χ2v) is 6.43. The van der Waals surface area contributed by atoms with E-state index in [1.54, 1.807) is 17.0 Å². The number of likely N-dealkylation sites (tertiary alicyclic amines) is 1. The maximum Gasteiger partial charge on any atom is 0.289 e. The van der Waals surface area contributed by atoms with Gasteiger partial charge in [-0.1, -0.05) is 0 Å². The molecule has 27 heavy (non-hydrogen) atoms. The largest absolute Gasteiger partial charge is 0.459 e. The summed E-state index contributed by atoms with van der Waals surface area (Å²) in [7, 11) is 0. The van der Waals surface area contributed by atoms with Crippen LogP contribution in [0.15, 0.2) is 41.0 Å². The smallest absolute Gasteiger partial charge is 0.289 e. The molecule has 1 aliphatic heterocycles. The Morgan fingerprint density at radius 1 is 1.22 bits per heavy atom. The first kappa shape index (κ1) is 18.6. The molecule has 0 spiro atoms. The van der Waals surface area contributed by atoms with Gasteiger partial charge in [0, 0.05) is 25.7 Å². The number of benzene rings is 1. The molecule has 0 bridgehead atoms. The van der Waals surface area contributed by atoms with Crippen molar-refractivity contribution in [3.8, 4) is 0 Å². The Bertz CT molecular complexity index is 851. The standard InChI is InChI=1S/C19H20FN3O4/c1-12(24)21-16-10-14(6-7-15(16)20)22-18(25)13-4-2-8-23(11-13)19(26)17-5-3-9-27-17/h3,5-7,9-10,13H,2,4,8,11H2,1H3,(H,21,24)(H,22,25). The Balaban J connectivity index is 1.65. The van der Waals surface area contributed by atoms with E-state index in [1.165, 1.54) is 31.4 Å². The van der Waals surface area contributed by atoms with Gasteiger partial charge in [-0.05, 0) is 43.2 Å². The summed E-state index contributed by atoms with van der Waals surface area (Å²) in [6.45, 7) is 2.12. The van der Waals surface area contributed by atoms with E-state index < -0.39 is 11.7 Å². The highest BCUT2D eigenvalue weighted by atomic mass is 19.1. The first-order chi connectivity index (χ1) is 12.9.